The first-order chi connectivity index (χ1) is 12.6. The zero-order chi connectivity index (χ0) is 18.4. The lowest BCUT2D eigenvalue weighted by molar-refractivity contribution is -0.384. The second kappa shape index (κ2) is 7.98. The van der Waals surface area contributed by atoms with Gasteiger partial charge >= 0.3 is 0 Å². The van der Waals surface area contributed by atoms with Crippen molar-refractivity contribution < 1.29 is 14.1 Å². The fourth-order valence-corrected chi connectivity index (χ4v) is 2.45. The molecule has 2 aromatic carbocycles. The van der Waals surface area contributed by atoms with Crippen LogP contribution in [0.25, 0.3) is 0 Å². The van der Waals surface area contributed by atoms with Crippen molar-refractivity contribution in [1.82, 2.24) is 5.32 Å². The number of nitro groups is 1. The summed E-state index contributed by atoms with van der Waals surface area (Å²) in [4.78, 5) is 23.1. The molecule has 0 saturated carbocycles. The fourth-order valence-electron chi connectivity index (χ4n) is 2.45. The smallest absolute Gasteiger partial charge is 0.293 e. The van der Waals surface area contributed by atoms with E-state index in [9.17, 15) is 14.9 Å². The number of hydrogen-bond acceptors (Lipinski definition) is 5. The third-order valence-corrected chi connectivity index (χ3v) is 3.79. The number of furan rings is 1. The van der Waals surface area contributed by atoms with Gasteiger partial charge in [-0.3, -0.25) is 14.9 Å². The molecule has 3 rings (SSSR count). The lowest BCUT2D eigenvalue weighted by atomic mass is 10.1. The van der Waals surface area contributed by atoms with Gasteiger partial charge < -0.3 is 15.1 Å². The lowest BCUT2D eigenvalue weighted by Gasteiger charge is -2.09. The Morgan fingerprint density at radius 3 is 2.54 bits per heavy atom. The minimum Gasteiger partial charge on any atom is -0.467 e. The lowest BCUT2D eigenvalue weighted by Crippen LogP contribution is -2.22. The predicted octanol–water partition coefficient (Wildman–Crippen LogP) is 3.73. The van der Waals surface area contributed by atoms with Crippen LogP contribution in [0.1, 0.15) is 21.7 Å². The van der Waals surface area contributed by atoms with Crippen LogP contribution in [0.5, 0.6) is 0 Å². The van der Waals surface area contributed by atoms with Crippen LogP contribution in [0.3, 0.4) is 0 Å². The number of carbonyl (C=O) groups is 1. The maximum atomic E-state index is 12.2. The second-order valence-electron chi connectivity index (χ2n) is 5.59. The Bertz CT molecular complexity index is 892. The number of carbonyl (C=O) groups excluding carboxylic acids is 1. The number of nitrogens with zero attached hydrogens (tertiary/aromatic N) is 1. The molecular weight excluding hydrogens is 334 g/mol. The summed E-state index contributed by atoms with van der Waals surface area (Å²) in [7, 11) is 0. The first-order valence-electron chi connectivity index (χ1n) is 8.00. The van der Waals surface area contributed by atoms with E-state index in [2.05, 4.69) is 10.6 Å². The third kappa shape index (κ3) is 4.27. The van der Waals surface area contributed by atoms with Crippen LogP contribution < -0.4 is 10.6 Å². The highest BCUT2D eigenvalue weighted by Crippen LogP contribution is 2.26. The van der Waals surface area contributed by atoms with Gasteiger partial charge in [0.2, 0.25) is 0 Å². The largest absolute Gasteiger partial charge is 0.467 e. The highest BCUT2D eigenvalue weighted by atomic mass is 16.6. The molecule has 0 spiro atoms. The SMILES string of the molecule is O=C(NCc1ccco1)c1ccc(NCc2ccccc2)c([N+](=O)[O-])c1. The van der Waals surface area contributed by atoms with Crippen molar-refractivity contribution in [3.05, 3.63) is 93.9 Å². The van der Waals surface area contributed by atoms with Crippen LogP contribution in [-0.4, -0.2) is 10.8 Å². The number of rotatable bonds is 7. The van der Waals surface area contributed by atoms with Gasteiger partial charge in [-0.05, 0) is 29.8 Å². The number of benzene rings is 2. The number of nitrogens with one attached hydrogen (secondary N) is 2. The summed E-state index contributed by atoms with van der Waals surface area (Å²) >= 11 is 0. The van der Waals surface area contributed by atoms with Crippen LogP contribution in [0.15, 0.2) is 71.3 Å². The van der Waals surface area contributed by atoms with Crippen molar-refractivity contribution in [2.75, 3.05) is 5.32 Å². The molecule has 7 nitrogen and oxygen atoms in total. The van der Waals surface area contributed by atoms with E-state index < -0.39 is 10.8 Å². The highest BCUT2D eigenvalue weighted by molar-refractivity contribution is 5.95. The number of hydrogen-bond donors (Lipinski definition) is 2. The summed E-state index contributed by atoms with van der Waals surface area (Å²) in [6, 6.07) is 17.4. The van der Waals surface area contributed by atoms with E-state index in [1.807, 2.05) is 30.3 Å². The maximum Gasteiger partial charge on any atom is 0.293 e. The maximum absolute atomic E-state index is 12.2. The summed E-state index contributed by atoms with van der Waals surface area (Å²) in [5, 5.41) is 17.1. The number of amides is 1. The summed E-state index contributed by atoms with van der Waals surface area (Å²) in [5.74, 6) is 0.202. The molecule has 2 N–H and O–H groups in total. The normalized spacial score (nSPS) is 10.3. The van der Waals surface area contributed by atoms with Crippen molar-refractivity contribution in [3.8, 4) is 0 Å². The molecule has 1 aromatic heterocycles. The monoisotopic (exact) mass is 351 g/mol. The molecule has 1 heterocycles. The molecule has 0 aliphatic carbocycles. The van der Waals surface area contributed by atoms with Crippen LogP contribution >= 0.6 is 0 Å². The Morgan fingerprint density at radius 2 is 1.85 bits per heavy atom. The van der Waals surface area contributed by atoms with Crippen LogP contribution in [0.4, 0.5) is 11.4 Å². The van der Waals surface area contributed by atoms with E-state index in [0.29, 0.717) is 18.0 Å². The van der Waals surface area contributed by atoms with E-state index in [4.69, 9.17) is 4.42 Å². The topological polar surface area (TPSA) is 97.4 Å². The Hall–Kier alpha value is -3.61. The van der Waals surface area contributed by atoms with Crippen molar-refractivity contribution in [1.29, 1.82) is 0 Å². The van der Waals surface area contributed by atoms with E-state index in [1.54, 1.807) is 24.3 Å². The van der Waals surface area contributed by atoms with E-state index in [-0.39, 0.29) is 17.8 Å². The summed E-state index contributed by atoms with van der Waals surface area (Å²) in [6.45, 7) is 0.666. The second-order valence-corrected chi connectivity index (χ2v) is 5.59. The highest BCUT2D eigenvalue weighted by Gasteiger charge is 2.17. The molecule has 0 fully saturated rings. The van der Waals surface area contributed by atoms with Gasteiger partial charge in [0, 0.05) is 18.2 Å². The average molecular weight is 351 g/mol. The minimum atomic E-state index is -0.503. The van der Waals surface area contributed by atoms with Gasteiger partial charge in [0.15, 0.2) is 0 Å². The van der Waals surface area contributed by atoms with Crippen molar-refractivity contribution in [3.63, 3.8) is 0 Å². The van der Waals surface area contributed by atoms with E-state index >= 15 is 0 Å². The van der Waals surface area contributed by atoms with Crippen molar-refractivity contribution in [2.45, 2.75) is 13.1 Å². The van der Waals surface area contributed by atoms with Crippen LogP contribution in [-0.2, 0) is 13.1 Å². The zero-order valence-electron chi connectivity index (χ0n) is 13.8. The molecule has 26 heavy (non-hydrogen) atoms. The number of nitro benzene ring substituents is 1. The predicted molar refractivity (Wildman–Crippen MR) is 96.7 cm³/mol. The first kappa shape index (κ1) is 17.2. The Kier molecular flexibility index (Phi) is 5.28. The third-order valence-electron chi connectivity index (χ3n) is 3.79. The van der Waals surface area contributed by atoms with E-state index in [0.717, 1.165) is 5.56 Å². The average Bonchev–Trinajstić information content (AvgIpc) is 3.18. The molecule has 0 aliphatic heterocycles. The Morgan fingerprint density at radius 1 is 1.04 bits per heavy atom. The molecule has 0 radical (unpaired) electrons. The number of anilines is 1. The molecule has 0 aliphatic rings. The summed E-state index contributed by atoms with van der Waals surface area (Å²) in [6.07, 6.45) is 1.51. The van der Waals surface area contributed by atoms with Crippen molar-refractivity contribution >= 4 is 17.3 Å². The fraction of sp³-hybridized carbons (Fsp3) is 0.105. The first-order valence-corrected chi connectivity index (χ1v) is 8.00. The Balaban J connectivity index is 1.71. The molecule has 132 valence electrons. The van der Waals surface area contributed by atoms with Gasteiger partial charge in [-0.25, -0.2) is 0 Å². The minimum absolute atomic E-state index is 0.147. The summed E-state index contributed by atoms with van der Waals surface area (Å²) in [5.41, 5.74) is 1.43. The molecule has 0 saturated heterocycles. The Labute approximate surface area is 149 Å². The van der Waals surface area contributed by atoms with E-state index in [1.165, 1.54) is 12.3 Å². The summed E-state index contributed by atoms with van der Waals surface area (Å²) < 4.78 is 5.14. The molecule has 3 aromatic rings. The van der Waals surface area contributed by atoms with Gasteiger partial charge in [0.05, 0.1) is 17.7 Å². The molecule has 0 atom stereocenters. The standard InChI is InChI=1S/C19H17N3O4/c23-19(21-13-16-7-4-10-26-16)15-8-9-17(18(11-15)22(24)25)20-12-14-5-2-1-3-6-14/h1-11,20H,12-13H2,(H,21,23). The quantitative estimate of drug-likeness (QED) is 0.499. The van der Waals surface area contributed by atoms with Gasteiger partial charge in [-0.1, -0.05) is 30.3 Å². The van der Waals surface area contributed by atoms with Gasteiger partial charge in [-0.15, -0.1) is 0 Å². The van der Waals surface area contributed by atoms with Crippen LogP contribution in [0, 0.1) is 10.1 Å². The van der Waals surface area contributed by atoms with Gasteiger partial charge in [0.25, 0.3) is 11.6 Å². The molecular formula is C19H17N3O4. The van der Waals surface area contributed by atoms with Crippen molar-refractivity contribution in [2.24, 2.45) is 0 Å². The zero-order valence-corrected chi connectivity index (χ0v) is 13.8. The molecule has 0 unspecified atom stereocenters. The van der Waals surface area contributed by atoms with Crippen LogP contribution in [0.2, 0.25) is 0 Å². The van der Waals surface area contributed by atoms with Gasteiger partial charge in [0.1, 0.15) is 11.4 Å². The molecule has 1 amide bonds. The molecule has 0 bridgehead atoms. The molecule has 7 heteroatoms. The van der Waals surface area contributed by atoms with Gasteiger partial charge in [-0.2, -0.15) is 0 Å².